The summed E-state index contributed by atoms with van der Waals surface area (Å²) in [5, 5.41) is 0. The van der Waals surface area contributed by atoms with Crippen LogP contribution in [-0.2, 0) is 14.3 Å². The molecule has 0 rings (SSSR count). The molecule has 0 unspecified atom stereocenters. The van der Waals surface area contributed by atoms with Crippen LogP contribution in [0.4, 0.5) is 0 Å². The normalized spacial score (nSPS) is 10.5. The molecule has 0 aliphatic rings. The van der Waals surface area contributed by atoms with E-state index in [1.807, 2.05) is 6.92 Å². The molecule has 74 valence electrons. The zero-order valence-corrected chi connectivity index (χ0v) is 8.27. The van der Waals surface area contributed by atoms with E-state index in [-0.39, 0.29) is 41.9 Å². The van der Waals surface area contributed by atoms with Crippen LogP contribution in [0.3, 0.4) is 0 Å². The van der Waals surface area contributed by atoms with Crippen molar-refractivity contribution in [2.24, 2.45) is 0 Å². The van der Waals surface area contributed by atoms with Crippen molar-refractivity contribution < 1.29 is 12.6 Å². The van der Waals surface area contributed by atoms with E-state index in [4.69, 9.17) is 0 Å². The second-order valence-corrected chi connectivity index (χ2v) is 4.30. The van der Waals surface area contributed by atoms with Crippen molar-refractivity contribution in [2.45, 2.75) is 26.2 Å². The minimum atomic E-state index is -3.29. The van der Waals surface area contributed by atoms with Gasteiger partial charge in [0, 0.05) is 0 Å². The molecular formula is C8H17NaO3S. The Bertz CT molecular complexity index is 211. The van der Waals surface area contributed by atoms with Gasteiger partial charge in [0.15, 0.2) is 0 Å². The molecule has 0 fully saturated rings. The zero-order chi connectivity index (χ0) is 9.45. The van der Waals surface area contributed by atoms with E-state index in [2.05, 4.69) is 10.8 Å². The van der Waals surface area contributed by atoms with Crippen LogP contribution in [-0.4, -0.2) is 50.3 Å². The predicted molar refractivity (Wildman–Crippen MR) is 56.6 cm³/mol. The monoisotopic (exact) mass is 216 g/mol. The van der Waals surface area contributed by atoms with Crippen LogP contribution >= 0.6 is 0 Å². The molecule has 0 saturated heterocycles. The first-order valence-corrected chi connectivity index (χ1v) is 5.68. The molecule has 0 aromatic rings. The predicted octanol–water partition coefficient (Wildman–Crippen LogP) is 1.06. The summed E-state index contributed by atoms with van der Waals surface area (Å²) in [5.41, 5.74) is 0. The molecule has 0 atom stereocenters. The Labute approximate surface area is 103 Å². The summed E-state index contributed by atoms with van der Waals surface area (Å²) in [6.45, 7) is 5.47. The molecule has 0 N–H and O–H groups in total. The molecule has 0 radical (unpaired) electrons. The molecule has 3 nitrogen and oxygen atoms in total. The molecule has 0 bridgehead atoms. The topological polar surface area (TPSA) is 43.4 Å². The van der Waals surface area contributed by atoms with Crippen molar-refractivity contribution in [1.82, 2.24) is 0 Å². The number of hydrogen-bond acceptors (Lipinski definition) is 3. The molecule has 0 aliphatic heterocycles. The summed E-state index contributed by atoms with van der Waals surface area (Å²) in [4.78, 5) is 0. The van der Waals surface area contributed by atoms with Gasteiger partial charge in [0.1, 0.15) is 0 Å². The zero-order valence-electron chi connectivity index (χ0n) is 7.45. The van der Waals surface area contributed by atoms with Gasteiger partial charge in [-0.15, -0.1) is 6.58 Å². The minimum absolute atomic E-state index is 0. The summed E-state index contributed by atoms with van der Waals surface area (Å²) in [7, 11) is -3.29. The Kier molecular flexibility index (Phi) is 11.4. The van der Waals surface area contributed by atoms with Crippen molar-refractivity contribution in [3.05, 3.63) is 12.7 Å². The van der Waals surface area contributed by atoms with Gasteiger partial charge in [0.2, 0.25) is 0 Å². The fraction of sp³-hybridized carbons (Fsp3) is 0.750. The Morgan fingerprint density at radius 2 is 2.00 bits per heavy atom. The van der Waals surface area contributed by atoms with Crippen LogP contribution in [0.25, 0.3) is 0 Å². The summed E-state index contributed by atoms with van der Waals surface area (Å²) in [6.07, 6.45) is 4.04. The molecule has 0 spiro atoms. The molecule has 0 heterocycles. The summed E-state index contributed by atoms with van der Waals surface area (Å²) in [6, 6.07) is 0. The van der Waals surface area contributed by atoms with Gasteiger partial charge in [0.25, 0.3) is 10.1 Å². The van der Waals surface area contributed by atoms with Crippen LogP contribution in [0, 0.1) is 0 Å². The first-order valence-electron chi connectivity index (χ1n) is 4.10. The molecular weight excluding hydrogens is 199 g/mol. The summed E-state index contributed by atoms with van der Waals surface area (Å²) in [5.74, 6) is 0.120. The van der Waals surface area contributed by atoms with Crippen molar-refractivity contribution in [2.75, 3.05) is 12.4 Å². The van der Waals surface area contributed by atoms with Crippen LogP contribution in [0.15, 0.2) is 12.7 Å². The van der Waals surface area contributed by atoms with Crippen LogP contribution in [0.1, 0.15) is 26.2 Å². The second-order valence-electron chi connectivity index (χ2n) is 2.54. The van der Waals surface area contributed by atoms with E-state index in [0.717, 1.165) is 12.8 Å². The van der Waals surface area contributed by atoms with Gasteiger partial charge in [0.05, 0.1) is 12.4 Å². The third-order valence-electron chi connectivity index (χ3n) is 1.36. The molecule has 0 aromatic heterocycles. The molecule has 13 heavy (non-hydrogen) atoms. The van der Waals surface area contributed by atoms with Gasteiger partial charge in [-0.25, -0.2) is 0 Å². The number of rotatable bonds is 7. The Morgan fingerprint density at radius 1 is 1.38 bits per heavy atom. The van der Waals surface area contributed by atoms with E-state index in [1.165, 1.54) is 6.08 Å². The molecule has 0 amide bonds. The van der Waals surface area contributed by atoms with E-state index < -0.39 is 10.1 Å². The van der Waals surface area contributed by atoms with Crippen molar-refractivity contribution >= 4 is 39.7 Å². The fourth-order valence-corrected chi connectivity index (χ4v) is 1.72. The SMILES string of the molecule is C=CCOS(=O)(=O)CCCCC.[NaH]. The molecule has 0 aliphatic carbocycles. The van der Waals surface area contributed by atoms with Crippen LogP contribution in [0.2, 0.25) is 0 Å². The Morgan fingerprint density at radius 3 is 2.46 bits per heavy atom. The molecule has 0 saturated carbocycles. The van der Waals surface area contributed by atoms with E-state index in [1.54, 1.807) is 0 Å². The first-order chi connectivity index (χ1) is 5.62. The second kappa shape index (κ2) is 9.21. The third kappa shape index (κ3) is 10.6. The summed E-state index contributed by atoms with van der Waals surface area (Å²) >= 11 is 0. The third-order valence-corrected chi connectivity index (χ3v) is 2.65. The quantitative estimate of drug-likeness (QED) is 0.276. The maximum absolute atomic E-state index is 11.0. The van der Waals surface area contributed by atoms with Gasteiger partial charge in [-0.2, -0.15) is 8.42 Å². The Balaban J connectivity index is 0. The van der Waals surface area contributed by atoms with Gasteiger partial charge in [-0.05, 0) is 6.42 Å². The van der Waals surface area contributed by atoms with Crippen molar-refractivity contribution in [3.8, 4) is 0 Å². The molecule has 5 heteroatoms. The average Bonchev–Trinajstić information content (AvgIpc) is 2.01. The summed E-state index contributed by atoms with van der Waals surface area (Å²) < 4.78 is 26.6. The van der Waals surface area contributed by atoms with Gasteiger partial charge in [-0.1, -0.05) is 25.8 Å². The van der Waals surface area contributed by atoms with Crippen LogP contribution in [0.5, 0.6) is 0 Å². The average molecular weight is 216 g/mol. The standard InChI is InChI=1S/C8H16O3S.Na.H/c1-3-5-6-8-12(9,10)11-7-4-2;;/h4H,2-3,5-8H2,1H3;;. The van der Waals surface area contributed by atoms with E-state index >= 15 is 0 Å². The van der Waals surface area contributed by atoms with Gasteiger partial charge < -0.3 is 0 Å². The number of unbranched alkanes of at least 4 members (excludes halogenated alkanes) is 2. The van der Waals surface area contributed by atoms with Crippen molar-refractivity contribution in [1.29, 1.82) is 0 Å². The first kappa shape index (κ1) is 16.1. The van der Waals surface area contributed by atoms with Gasteiger partial charge >= 0.3 is 29.6 Å². The van der Waals surface area contributed by atoms with Gasteiger partial charge in [-0.3, -0.25) is 4.18 Å². The molecule has 0 aromatic carbocycles. The maximum atomic E-state index is 11.0. The van der Waals surface area contributed by atoms with E-state index in [9.17, 15) is 8.42 Å². The fourth-order valence-electron chi connectivity index (χ4n) is 0.740. The van der Waals surface area contributed by atoms with E-state index in [0.29, 0.717) is 6.42 Å². The number of hydrogen-bond donors (Lipinski definition) is 0. The van der Waals surface area contributed by atoms with Crippen LogP contribution < -0.4 is 0 Å². The van der Waals surface area contributed by atoms with Crippen molar-refractivity contribution in [3.63, 3.8) is 0 Å². The Hall–Kier alpha value is 0.650.